The van der Waals surface area contributed by atoms with Crippen LogP contribution in [0, 0.1) is 0 Å². The maximum atomic E-state index is 3.65. The van der Waals surface area contributed by atoms with E-state index in [1.54, 1.807) is 0 Å². The number of nitrogens with one attached hydrogen (secondary N) is 1. The molecule has 0 radical (unpaired) electrons. The van der Waals surface area contributed by atoms with E-state index in [2.05, 4.69) is 77.8 Å². The molecule has 2 heterocycles. The summed E-state index contributed by atoms with van der Waals surface area (Å²) in [6, 6.07) is 17.2. The fourth-order valence-electron chi connectivity index (χ4n) is 3.50. The molecule has 1 aliphatic carbocycles. The van der Waals surface area contributed by atoms with Crippen LogP contribution in [0.3, 0.4) is 0 Å². The van der Waals surface area contributed by atoms with Crippen LogP contribution in [0.1, 0.15) is 22.7 Å². The predicted octanol–water partition coefficient (Wildman–Crippen LogP) is 5.47. The average molecular weight is 301 g/mol. The predicted molar refractivity (Wildman–Crippen MR) is 95.2 cm³/mol. The van der Waals surface area contributed by atoms with Crippen molar-refractivity contribution in [2.75, 3.05) is 0 Å². The molecule has 0 bridgehead atoms. The molecule has 1 aromatic heterocycles. The van der Waals surface area contributed by atoms with Crippen LogP contribution in [-0.4, -0.2) is 10.2 Å². The summed E-state index contributed by atoms with van der Waals surface area (Å²) in [5.74, 6) is 0.407. The molecule has 1 N–H and O–H groups in total. The minimum absolute atomic E-state index is 0.407. The highest BCUT2D eigenvalue weighted by atomic mass is 32.2. The van der Waals surface area contributed by atoms with E-state index in [9.17, 15) is 0 Å². The Balaban J connectivity index is 1.69. The highest BCUT2D eigenvalue weighted by molar-refractivity contribution is 8.00. The molecule has 0 saturated carbocycles. The van der Waals surface area contributed by atoms with E-state index in [4.69, 9.17) is 0 Å². The Morgan fingerprint density at radius 1 is 0.864 bits per heavy atom. The van der Waals surface area contributed by atoms with Crippen molar-refractivity contribution < 1.29 is 0 Å². The molecular weight excluding hydrogens is 286 g/mol. The van der Waals surface area contributed by atoms with Crippen LogP contribution in [0.25, 0.3) is 23.1 Å². The van der Waals surface area contributed by atoms with Gasteiger partial charge in [0.15, 0.2) is 0 Å². The summed E-state index contributed by atoms with van der Waals surface area (Å²) in [6.07, 6.45) is 9.30. The minimum Gasteiger partial charge on any atom is -0.357 e. The van der Waals surface area contributed by atoms with E-state index >= 15 is 0 Å². The van der Waals surface area contributed by atoms with E-state index in [0.717, 1.165) is 0 Å². The summed E-state index contributed by atoms with van der Waals surface area (Å²) in [4.78, 5) is 5.02. The first-order valence-electron chi connectivity index (χ1n) is 7.63. The number of benzene rings is 2. The first-order valence-corrected chi connectivity index (χ1v) is 8.51. The zero-order chi connectivity index (χ0) is 14.5. The quantitative estimate of drug-likeness (QED) is 0.582. The number of rotatable bonds is 0. The number of H-pyrrole nitrogens is 1. The SMILES string of the molecule is C1=CC2c3[nH]c4ccccc4c3C=CC2Sc2ccccc21. The number of hydrogen-bond acceptors (Lipinski definition) is 1. The fraction of sp³-hybridized carbons (Fsp3) is 0.100. The maximum Gasteiger partial charge on any atom is 0.0462 e. The van der Waals surface area contributed by atoms with Gasteiger partial charge in [-0.1, -0.05) is 60.7 Å². The zero-order valence-electron chi connectivity index (χ0n) is 12.0. The number of hydrogen-bond donors (Lipinski definition) is 1. The van der Waals surface area contributed by atoms with Crippen LogP contribution in [0.15, 0.2) is 65.6 Å². The molecule has 1 nitrogen and oxygen atoms in total. The summed E-state index contributed by atoms with van der Waals surface area (Å²) in [5.41, 5.74) is 5.27. The van der Waals surface area contributed by atoms with Gasteiger partial charge in [-0.2, -0.15) is 0 Å². The molecule has 0 fully saturated rings. The molecule has 2 aromatic carbocycles. The van der Waals surface area contributed by atoms with Crippen LogP contribution in [0.5, 0.6) is 0 Å². The van der Waals surface area contributed by atoms with E-state index in [1.165, 1.54) is 32.6 Å². The van der Waals surface area contributed by atoms with Crippen molar-refractivity contribution in [3.05, 3.63) is 77.5 Å². The molecule has 2 aliphatic rings. The third-order valence-electron chi connectivity index (χ3n) is 4.58. The van der Waals surface area contributed by atoms with Gasteiger partial charge in [0.05, 0.1) is 0 Å². The Bertz CT molecular complexity index is 932. The molecule has 0 spiro atoms. The van der Waals surface area contributed by atoms with Crippen LogP contribution in [-0.2, 0) is 0 Å². The molecular formula is C20H15NS. The van der Waals surface area contributed by atoms with Crippen molar-refractivity contribution in [3.63, 3.8) is 0 Å². The van der Waals surface area contributed by atoms with Gasteiger partial charge in [-0.3, -0.25) is 0 Å². The Kier molecular flexibility index (Phi) is 2.61. The first kappa shape index (κ1) is 12.4. The number of thioether (sulfide) groups is 1. The molecule has 2 unspecified atom stereocenters. The Hall–Kier alpha value is -2.19. The van der Waals surface area contributed by atoms with E-state index in [-0.39, 0.29) is 0 Å². The van der Waals surface area contributed by atoms with Crippen molar-refractivity contribution in [2.45, 2.75) is 16.1 Å². The first-order chi connectivity index (χ1) is 10.9. The number of para-hydroxylation sites is 1. The smallest absolute Gasteiger partial charge is 0.0462 e. The number of allylic oxidation sites excluding steroid dienone is 1. The van der Waals surface area contributed by atoms with Crippen LogP contribution in [0.4, 0.5) is 0 Å². The van der Waals surface area contributed by atoms with E-state index in [1.807, 2.05) is 11.8 Å². The summed E-state index contributed by atoms with van der Waals surface area (Å²) in [6.45, 7) is 0. The lowest BCUT2D eigenvalue weighted by atomic mass is 9.90. The van der Waals surface area contributed by atoms with Gasteiger partial charge in [0.1, 0.15) is 0 Å². The van der Waals surface area contributed by atoms with Gasteiger partial charge in [0.25, 0.3) is 0 Å². The minimum atomic E-state index is 0.407. The maximum absolute atomic E-state index is 3.65. The highest BCUT2D eigenvalue weighted by Gasteiger charge is 2.29. The summed E-state index contributed by atoms with van der Waals surface area (Å²) in [7, 11) is 0. The topological polar surface area (TPSA) is 15.8 Å². The Morgan fingerprint density at radius 2 is 1.73 bits per heavy atom. The van der Waals surface area contributed by atoms with E-state index in [0.29, 0.717) is 11.2 Å². The second kappa shape index (κ2) is 4.65. The summed E-state index contributed by atoms with van der Waals surface area (Å²) in [5, 5.41) is 1.79. The molecule has 1 aliphatic heterocycles. The van der Waals surface area contributed by atoms with Gasteiger partial charge in [0, 0.05) is 38.2 Å². The van der Waals surface area contributed by atoms with Gasteiger partial charge in [-0.05, 0) is 17.7 Å². The van der Waals surface area contributed by atoms with Crippen molar-refractivity contribution in [1.29, 1.82) is 0 Å². The zero-order valence-corrected chi connectivity index (χ0v) is 12.8. The number of aromatic amines is 1. The average Bonchev–Trinajstić information content (AvgIpc) is 2.82. The summed E-state index contributed by atoms with van der Waals surface area (Å²) < 4.78 is 0. The molecule has 106 valence electrons. The van der Waals surface area contributed by atoms with Gasteiger partial charge in [-0.25, -0.2) is 0 Å². The lowest BCUT2D eigenvalue weighted by Crippen LogP contribution is -2.14. The monoisotopic (exact) mass is 301 g/mol. The second-order valence-electron chi connectivity index (χ2n) is 5.86. The van der Waals surface area contributed by atoms with E-state index < -0.39 is 0 Å². The van der Waals surface area contributed by atoms with Crippen molar-refractivity contribution in [3.8, 4) is 0 Å². The van der Waals surface area contributed by atoms with Crippen LogP contribution >= 0.6 is 11.8 Å². The van der Waals surface area contributed by atoms with Gasteiger partial charge >= 0.3 is 0 Å². The van der Waals surface area contributed by atoms with Crippen LogP contribution < -0.4 is 0 Å². The number of fused-ring (bicyclic) bond motifs is 6. The second-order valence-corrected chi connectivity index (χ2v) is 7.08. The Labute approximate surface area is 133 Å². The molecule has 2 heteroatoms. The highest BCUT2D eigenvalue weighted by Crippen LogP contribution is 2.45. The lowest BCUT2D eigenvalue weighted by Gasteiger charge is -2.24. The van der Waals surface area contributed by atoms with Crippen molar-refractivity contribution >= 4 is 34.8 Å². The standard InChI is InChI=1S/C20H15NS/c1-4-8-18-13(5-1)9-10-16-19(22-18)12-11-15-14-6-2-3-7-17(14)21-20(15)16/h1-12,16,19,21H. The van der Waals surface area contributed by atoms with Gasteiger partial charge < -0.3 is 4.98 Å². The third kappa shape index (κ3) is 1.74. The van der Waals surface area contributed by atoms with Crippen LogP contribution in [0.2, 0.25) is 0 Å². The normalized spacial score (nSPS) is 22.0. The Morgan fingerprint density at radius 3 is 2.73 bits per heavy atom. The molecule has 22 heavy (non-hydrogen) atoms. The number of aromatic nitrogens is 1. The largest absolute Gasteiger partial charge is 0.357 e. The van der Waals surface area contributed by atoms with Gasteiger partial charge in [-0.15, -0.1) is 11.8 Å². The summed E-state index contributed by atoms with van der Waals surface area (Å²) >= 11 is 1.97. The lowest BCUT2D eigenvalue weighted by molar-refractivity contribution is 0.847. The third-order valence-corrected chi connectivity index (χ3v) is 5.93. The molecule has 0 amide bonds. The fourth-order valence-corrected chi connectivity index (χ4v) is 4.75. The molecule has 5 rings (SSSR count). The molecule has 3 aromatic rings. The van der Waals surface area contributed by atoms with Crippen molar-refractivity contribution in [2.24, 2.45) is 0 Å². The molecule has 2 atom stereocenters. The van der Waals surface area contributed by atoms with Crippen molar-refractivity contribution in [1.82, 2.24) is 4.98 Å². The van der Waals surface area contributed by atoms with Gasteiger partial charge in [0.2, 0.25) is 0 Å². The molecule has 0 saturated heterocycles.